The molecule has 2 aromatic rings. The van der Waals surface area contributed by atoms with E-state index >= 15 is 0 Å². The summed E-state index contributed by atoms with van der Waals surface area (Å²) in [4.78, 5) is 4.87. The molecule has 3 rings (SSSR count). The zero-order chi connectivity index (χ0) is 18.2. The first-order valence-electron chi connectivity index (χ1n) is 9.65. The van der Waals surface area contributed by atoms with Crippen molar-refractivity contribution in [2.45, 2.75) is 25.5 Å². The van der Waals surface area contributed by atoms with Crippen LogP contribution in [0.5, 0.6) is 5.75 Å². The summed E-state index contributed by atoms with van der Waals surface area (Å²) in [5, 5.41) is 10.6. The Labute approximate surface area is 157 Å². The lowest BCUT2D eigenvalue weighted by Crippen LogP contribution is -2.50. The number of ether oxygens (including phenoxy) is 1. The van der Waals surface area contributed by atoms with Gasteiger partial charge in [0.1, 0.15) is 12.4 Å². The third kappa shape index (κ3) is 5.07. The van der Waals surface area contributed by atoms with Crippen molar-refractivity contribution in [2.24, 2.45) is 0 Å². The lowest BCUT2D eigenvalue weighted by molar-refractivity contribution is 0.0138. The van der Waals surface area contributed by atoms with Gasteiger partial charge in [0.15, 0.2) is 0 Å². The largest absolute Gasteiger partial charge is 0.492 e. The molecular weight excluding hydrogens is 324 g/mol. The average molecular weight is 354 g/mol. The molecule has 0 spiro atoms. The van der Waals surface area contributed by atoms with Crippen LogP contribution in [0.3, 0.4) is 0 Å². The first-order chi connectivity index (χ1) is 12.8. The van der Waals surface area contributed by atoms with Crippen LogP contribution in [-0.4, -0.2) is 60.3 Å². The van der Waals surface area contributed by atoms with Crippen molar-refractivity contribution in [1.82, 2.24) is 9.80 Å². The molecule has 140 valence electrons. The number of aliphatic hydroxyl groups is 1. The Morgan fingerprint density at radius 2 is 1.54 bits per heavy atom. The molecule has 2 atom stereocenters. The molecule has 4 nitrogen and oxygen atoms in total. The monoisotopic (exact) mass is 354 g/mol. The van der Waals surface area contributed by atoms with Gasteiger partial charge in [-0.15, -0.1) is 0 Å². The minimum atomic E-state index is -0.328. The lowest BCUT2D eigenvalue weighted by Gasteiger charge is -2.41. The molecule has 0 aliphatic carbocycles. The van der Waals surface area contributed by atoms with Gasteiger partial charge in [0.2, 0.25) is 0 Å². The Balaban J connectivity index is 1.50. The summed E-state index contributed by atoms with van der Waals surface area (Å²) in [5.41, 5.74) is 1.21. The van der Waals surface area contributed by atoms with Gasteiger partial charge in [-0.1, -0.05) is 55.5 Å². The van der Waals surface area contributed by atoms with Crippen molar-refractivity contribution in [1.29, 1.82) is 0 Å². The summed E-state index contributed by atoms with van der Waals surface area (Å²) in [7, 11) is 0. The Morgan fingerprint density at radius 3 is 2.15 bits per heavy atom. The smallest absolute Gasteiger partial charge is 0.119 e. The predicted molar refractivity (Wildman–Crippen MR) is 105 cm³/mol. The third-order valence-corrected chi connectivity index (χ3v) is 5.14. The Morgan fingerprint density at radius 1 is 0.923 bits per heavy atom. The Kier molecular flexibility index (Phi) is 7.06. The zero-order valence-corrected chi connectivity index (χ0v) is 15.6. The standard InChI is InChI=1S/C22H30N2O2/c1-2-21(25)22(19-9-5-3-6-10-19)24-15-13-23(14-16-24)17-18-26-20-11-7-4-8-12-20/h3-12,21-22,25H,2,13-18H2,1H3. The van der Waals surface area contributed by atoms with Crippen molar-refractivity contribution in [3.8, 4) is 5.75 Å². The van der Waals surface area contributed by atoms with Crippen LogP contribution < -0.4 is 4.74 Å². The Hall–Kier alpha value is -1.88. The molecule has 1 aliphatic rings. The van der Waals surface area contributed by atoms with Gasteiger partial charge in [0.25, 0.3) is 0 Å². The van der Waals surface area contributed by atoms with Crippen molar-refractivity contribution >= 4 is 0 Å². The second kappa shape index (κ2) is 9.72. The summed E-state index contributed by atoms with van der Waals surface area (Å²) in [6.45, 7) is 7.68. The van der Waals surface area contributed by atoms with Gasteiger partial charge >= 0.3 is 0 Å². The summed E-state index contributed by atoms with van der Waals surface area (Å²) < 4.78 is 5.81. The number of para-hydroxylation sites is 1. The maximum absolute atomic E-state index is 10.6. The molecule has 0 saturated carbocycles. The maximum Gasteiger partial charge on any atom is 0.119 e. The molecule has 0 aromatic heterocycles. The topological polar surface area (TPSA) is 35.9 Å². The van der Waals surface area contributed by atoms with E-state index in [0.717, 1.165) is 44.9 Å². The van der Waals surface area contributed by atoms with Gasteiger partial charge < -0.3 is 9.84 Å². The number of hydrogen-bond donors (Lipinski definition) is 1. The van der Waals surface area contributed by atoms with E-state index in [1.54, 1.807) is 0 Å². The van der Waals surface area contributed by atoms with E-state index in [9.17, 15) is 5.11 Å². The Bertz CT molecular complexity index is 627. The molecule has 0 amide bonds. The van der Waals surface area contributed by atoms with E-state index in [0.29, 0.717) is 6.61 Å². The van der Waals surface area contributed by atoms with Crippen LogP contribution in [0.15, 0.2) is 60.7 Å². The highest BCUT2D eigenvalue weighted by Gasteiger charge is 2.29. The molecule has 1 heterocycles. The summed E-state index contributed by atoms with van der Waals surface area (Å²) in [6, 6.07) is 20.5. The molecule has 0 radical (unpaired) electrons. The highest BCUT2D eigenvalue weighted by molar-refractivity contribution is 5.21. The molecule has 1 saturated heterocycles. The molecule has 26 heavy (non-hydrogen) atoms. The zero-order valence-electron chi connectivity index (χ0n) is 15.6. The van der Waals surface area contributed by atoms with E-state index < -0.39 is 0 Å². The molecule has 1 aliphatic heterocycles. The van der Waals surface area contributed by atoms with Gasteiger partial charge in [-0.25, -0.2) is 0 Å². The maximum atomic E-state index is 10.6. The van der Waals surface area contributed by atoms with Gasteiger partial charge in [-0.05, 0) is 24.1 Å². The van der Waals surface area contributed by atoms with Crippen LogP contribution in [0.1, 0.15) is 24.9 Å². The van der Waals surface area contributed by atoms with Crippen LogP contribution in [-0.2, 0) is 0 Å². The molecule has 0 bridgehead atoms. The number of hydrogen-bond acceptors (Lipinski definition) is 4. The fraction of sp³-hybridized carbons (Fsp3) is 0.455. The fourth-order valence-electron chi connectivity index (χ4n) is 3.62. The number of benzene rings is 2. The normalized spacial score (nSPS) is 18.4. The van der Waals surface area contributed by atoms with E-state index in [-0.39, 0.29) is 12.1 Å². The number of nitrogens with zero attached hydrogens (tertiary/aromatic N) is 2. The van der Waals surface area contributed by atoms with Gasteiger partial charge in [-0.3, -0.25) is 9.80 Å². The molecule has 4 heteroatoms. The molecule has 2 unspecified atom stereocenters. The SMILES string of the molecule is CCC(O)C(c1ccccc1)N1CCN(CCOc2ccccc2)CC1. The second-order valence-corrected chi connectivity index (χ2v) is 6.87. The lowest BCUT2D eigenvalue weighted by atomic mass is 9.97. The predicted octanol–water partition coefficient (Wildman–Crippen LogP) is 3.20. The van der Waals surface area contributed by atoms with Crippen molar-refractivity contribution in [2.75, 3.05) is 39.3 Å². The third-order valence-electron chi connectivity index (χ3n) is 5.14. The van der Waals surface area contributed by atoms with E-state index in [1.165, 1.54) is 5.56 Å². The molecular formula is C22H30N2O2. The highest BCUT2D eigenvalue weighted by Crippen LogP contribution is 2.27. The number of aliphatic hydroxyl groups excluding tert-OH is 1. The highest BCUT2D eigenvalue weighted by atomic mass is 16.5. The van der Waals surface area contributed by atoms with E-state index in [1.807, 2.05) is 36.4 Å². The number of piperazine rings is 1. The van der Waals surface area contributed by atoms with Gasteiger partial charge in [0, 0.05) is 32.7 Å². The molecule has 1 N–H and O–H groups in total. The summed E-state index contributed by atoms with van der Waals surface area (Å²) in [5.74, 6) is 0.932. The fourth-order valence-corrected chi connectivity index (χ4v) is 3.62. The van der Waals surface area contributed by atoms with Crippen LogP contribution in [0, 0.1) is 0 Å². The second-order valence-electron chi connectivity index (χ2n) is 6.87. The van der Waals surface area contributed by atoms with E-state index in [2.05, 4.69) is 41.0 Å². The number of rotatable bonds is 8. The average Bonchev–Trinajstić information content (AvgIpc) is 2.71. The first-order valence-corrected chi connectivity index (χ1v) is 9.65. The minimum Gasteiger partial charge on any atom is -0.492 e. The van der Waals surface area contributed by atoms with Crippen LogP contribution in [0.2, 0.25) is 0 Å². The first kappa shape index (κ1) is 18.9. The van der Waals surface area contributed by atoms with E-state index in [4.69, 9.17) is 4.74 Å². The van der Waals surface area contributed by atoms with Gasteiger partial charge in [-0.2, -0.15) is 0 Å². The van der Waals surface area contributed by atoms with Gasteiger partial charge in [0.05, 0.1) is 12.1 Å². The van der Waals surface area contributed by atoms with Crippen LogP contribution >= 0.6 is 0 Å². The summed E-state index contributed by atoms with van der Waals surface area (Å²) in [6.07, 6.45) is 0.440. The van der Waals surface area contributed by atoms with Crippen molar-refractivity contribution in [3.63, 3.8) is 0 Å². The molecule has 2 aromatic carbocycles. The summed E-state index contributed by atoms with van der Waals surface area (Å²) >= 11 is 0. The van der Waals surface area contributed by atoms with Crippen molar-refractivity contribution in [3.05, 3.63) is 66.2 Å². The van der Waals surface area contributed by atoms with Crippen molar-refractivity contribution < 1.29 is 9.84 Å². The quantitative estimate of drug-likeness (QED) is 0.790. The van der Waals surface area contributed by atoms with Crippen LogP contribution in [0.4, 0.5) is 0 Å². The van der Waals surface area contributed by atoms with Crippen LogP contribution in [0.25, 0.3) is 0 Å². The minimum absolute atomic E-state index is 0.0870. The molecule has 1 fully saturated rings.